The minimum Gasteiger partial charge on any atom is -0.452 e. The topological polar surface area (TPSA) is 79.2 Å². The number of carbonyl (C=O) groups is 2. The predicted octanol–water partition coefficient (Wildman–Crippen LogP) is 3.67. The van der Waals surface area contributed by atoms with Crippen LogP contribution in [0.5, 0.6) is 0 Å². The van der Waals surface area contributed by atoms with Gasteiger partial charge in [-0.1, -0.05) is 30.0 Å². The Labute approximate surface area is 146 Å². The van der Waals surface area contributed by atoms with Gasteiger partial charge in [0.1, 0.15) is 0 Å². The number of anilines is 1. The lowest BCUT2D eigenvalue weighted by Gasteiger charge is -2.09. The number of carbonyl (C=O) groups excluding carboxylic acids is 2. The van der Waals surface area contributed by atoms with Crippen LogP contribution in [0.3, 0.4) is 0 Å². The van der Waals surface area contributed by atoms with E-state index >= 15 is 0 Å². The maximum Gasteiger partial charge on any atom is 0.339 e. The molecule has 0 aliphatic carbocycles. The van der Waals surface area contributed by atoms with Crippen molar-refractivity contribution in [3.63, 3.8) is 0 Å². The van der Waals surface area contributed by atoms with E-state index in [9.17, 15) is 18.4 Å². The number of nitrogens with one attached hydrogen (secondary N) is 1. The quantitative estimate of drug-likeness (QED) is 0.627. The molecule has 0 aliphatic rings. The lowest BCUT2D eigenvalue weighted by molar-refractivity contribution is -0.119. The van der Waals surface area contributed by atoms with Crippen molar-refractivity contribution in [1.29, 1.82) is 5.26 Å². The van der Waals surface area contributed by atoms with Crippen LogP contribution in [0.15, 0.2) is 53.4 Å². The van der Waals surface area contributed by atoms with E-state index in [1.165, 1.54) is 30.3 Å². The van der Waals surface area contributed by atoms with Crippen molar-refractivity contribution in [2.45, 2.75) is 10.7 Å². The van der Waals surface area contributed by atoms with Crippen LogP contribution >= 0.6 is 11.8 Å². The van der Waals surface area contributed by atoms with E-state index in [0.717, 1.165) is 0 Å². The first-order chi connectivity index (χ1) is 12.0. The molecule has 2 aromatic rings. The summed E-state index contributed by atoms with van der Waals surface area (Å²) in [5, 5.41) is 11.3. The van der Waals surface area contributed by atoms with Crippen molar-refractivity contribution in [2.75, 3.05) is 11.9 Å². The van der Waals surface area contributed by atoms with Gasteiger partial charge in [-0.15, -0.1) is 0 Å². The van der Waals surface area contributed by atoms with E-state index < -0.39 is 24.2 Å². The minimum absolute atomic E-state index is 0.0351. The number of benzene rings is 2. The third kappa shape index (κ3) is 5.58. The fraction of sp³-hybridized carbons (Fsp3) is 0.118. The summed E-state index contributed by atoms with van der Waals surface area (Å²) in [6.45, 7) is -0.580. The van der Waals surface area contributed by atoms with Crippen LogP contribution in [0.25, 0.3) is 0 Å². The zero-order valence-corrected chi connectivity index (χ0v) is 13.6. The van der Waals surface area contributed by atoms with Crippen LogP contribution in [-0.4, -0.2) is 24.2 Å². The second-order valence-electron chi connectivity index (χ2n) is 4.69. The number of ether oxygens (including phenoxy) is 1. The van der Waals surface area contributed by atoms with Crippen molar-refractivity contribution in [3.8, 4) is 6.07 Å². The van der Waals surface area contributed by atoms with Crippen molar-refractivity contribution in [3.05, 3.63) is 59.7 Å². The third-order valence-electron chi connectivity index (χ3n) is 2.93. The van der Waals surface area contributed by atoms with E-state index in [1.54, 1.807) is 18.2 Å². The van der Waals surface area contributed by atoms with Crippen LogP contribution in [-0.2, 0) is 9.53 Å². The molecule has 0 spiro atoms. The lowest BCUT2D eigenvalue weighted by Crippen LogP contribution is -2.21. The van der Waals surface area contributed by atoms with Crippen molar-refractivity contribution >= 4 is 29.3 Å². The fourth-order valence-corrected chi connectivity index (χ4v) is 2.53. The average molecular weight is 362 g/mol. The molecule has 0 aromatic heterocycles. The zero-order chi connectivity index (χ0) is 18.2. The first kappa shape index (κ1) is 18.4. The first-order valence-corrected chi connectivity index (χ1v) is 7.88. The maximum atomic E-state index is 12.5. The van der Waals surface area contributed by atoms with Crippen LogP contribution in [0.1, 0.15) is 15.9 Å². The molecule has 2 aromatic carbocycles. The van der Waals surface area contributed by atoms with Crippen molar-refractivity contribution in [2.24, 2.45) is 0 Å². The molecule has 0 saturated heterocycles. The molecular formula is C17H12F2N2O3S. The van der Waals surface area contributed by atoms with Gasteiger partial charge < -0.3 is 10.1 Å². The molecule has 25 heavy (non-hydrogen) atoms. The average Bonchev–Trinajstić information content (AvgIpc) is 2.60. The highest BCUT2D eigenvalue weighted by molar-refractivity contribution is 7.99. The summed E-state index contributed by atoms with van der Waals surface area (Å²) >= 11 is 0.229. The molecular weight excluding hydrogens is 350 g/mol. The molecule has 0 radical (unpaired) electrons. The maximum absolute atomic E-state index is 12.5. The molecule has 0 atom stereocenters. The molecule has 128 valence electrons. The Morgan fingerprint density at radius 2 is 1.96 bits per heavy atom. The highest BCUT2D eigenvalue weighted by Crippen LogP contribution is 2.28. The Balaban J connectivity index is 1.95. The van der Waals surface area contributed by atoms with E-state index in [1.807, 2.05) is 6.07 Å². The number of alkyl halides is 2. The number of halogens is 2. The van der Waals surface area contributed by atoms with E-state index in [2.05, 4.69) is 5.32 Å². The summed E-state index contributed by atoms with van der Waals surface area (Å²) in [5.41, 5.74) is 0.716. The minimum atomic E-state index is -2.68. The summed E-state index contributed by atoms with van der Waals surface area (Å²) in [4.78, 5) is 23.9. The van der Waals surface area contributed by atoms with Gasteiger partial charge in [0.05, 0.1) is 17.2 Å². The van der Waals surface area contributed by atoms with Gasteiger partial charge >= 0.3 is 5.97 Å². The number of hydrogen-bond acceptors (Lipinski definition) is 5. The number of esters is 1. The van der Waals surface area contributed by atoms with E-state index in [-0.39, 0.29) is 22.2 Å². The third-order valence-corrected chi connectivity index (χ3v) is 3.72. The summed E-state index contributed by atoms with van der Waals surface area (Å²) < 4.78 is 29.9. The lowest BCUT2D eigenvalue weighted by atomic mass is 10.2. The Bertz CT molecular complexity index is 822. The number of hydrogen-bond donors (Lipinski definition) is 1. The zero-order valence-electron chi connectivity index (χ0n) is 12.7. The summed E-state index contributed by atoms with van der Waals surface area (Å²) in [6, 6.07) is 13.9. The van der Waals surface area contributed by atoms with E-state index in [0.29, 0.717) is 11.3 Å². The summed E-state index contributed by atoms with van der Waals surface area (Å²) in [6.07, 6.45) is 0. The van der Waals surface area contributed by atoms with Crippen LogP contribution in [0, 0.1) is 11.3 Å². The van der Waals surface area contributed by atoms with Gasteiger partial charge in [0.25, 0.3) is 11.7 Å². The highest BCUT2D eigenvalue weighted by atomic mass is 32.2. The molecule has 1 amide bonds. The van der Waals surface area contributed by atoms with Crippen LogP contribution < -0.4 is 5.32 Å². The Morgan fingerprint density at radius 1 is 1.20 bits per heavy atom. The molecule has 5 nitrogen and oxygen atoms in total. The summed E-state index contributed by atoms with van der Waals surface area (Å²) in [7, 11) is 0. The smallest absolute Gasteiger partial charge is 0.339 e. The standard InChI is InChI=1S/C17H12F2N2O3S/c18-17(19)25-14-7-2-1-6-13(14)16(23)24-10-15(22)21-12-5-3-4-11(8-12)9-20/h1-8,17H,10H2,(H,21,22). The van der Waals surface area contributed by atoms with Crippen molar-refractivity contribution < 1.29 is 23.1 Å². The molecule has 0 fully saturated rings. The normalized spacial score (nSPS) is 10.2. The Hall–Kier alpha value is -2.92. The number of thioether (sulfide) groups is 1. The van der Waals surface area contributed by atoms with Gasteiger partial charge in [-0.25, -0.2) is 4.79 Å². The van der Waals surface area contributed by atoms with Gasteiger partial charge in [0.15, 0.2) is 6.61 Å². The number of nitriles is 1. The van der Waals surface area contributed by atoms with Gasteiger partial charge in [0.2, 0.25) is 0 Å². The molecule has 2 rings (SSSR count). The second kappa shape index (κ2) is 8.80. The molecule has 0 unspecified atom stereocenters. The monoisotopic (exact) mass is 362 g/mol. The Kier molecular flexibility index (Phi) is 6.48. The molecule has 1 N–H and O–H groups in total. The van der Waals surface area contributed by atoms with Crippen LogP contribution in [0.2, 0.25) is 0 Å². The second-order valence-corrected chi connectivity index (χ2v) is 5.72. The van der Waals surface area contributed by atoms with Crippen LogP contribution in [0.4, 0.5) is 14.5 Å². The molecule has 0 aliphatic heterocycles. The number of amides is 1. The molecule has 0 heterocycles. The SMILES string of the molecule is N#Cc1cccc(NC(=O)COC(=O)c2ccccc2SC(F)F)c1. The largest absolute Gasteiger partial charge is 0.452 e. The molecule has 8 heteroatoms. The van der Waals surface area contributed by atoms with Gasteiger partial charge in [-0.2, -0.15) is 14.0 Å². The fourth-order valence-electron chi connectivity index (χ4n) is 1.91. The van der Waals surface area contributed by atoms with Gasteiger partial charge in [0, 0.05) is 10.6 Å². The van der Waals surface area contributed by atoms with E-state index in [4.69, 9.17) is 10.00 Å². The van der Waals surface area contributed by atoms with Gasteiger partial charge in [-0.05, 0) is 30.3 Å². The first-order valence-electron chi connectivity index (χ1n) is 7.00. The molecule has 0 saturated carbocycles. The predicted molar refractivity (Wildman–Crippen MR) is 88.4 cm³/mol. The van der Waals surface area contributed by atoms with Gasteiger partial charge in [-0.3, -0.25) is 4.79 Å². The Morgan fingerprint density at radius 3 is 2.68 bits per heavy atom. The summed E-state index contributed by atoms with van der Waals surface area (Å²) in [5.74, 6) is -4.16. The number of nitrogens with zero attached hydrogens (tertiary/aromatic N) is 1. The van der Waals surface area contributed by atoms with Crippen molar-refractivity contribution in [1.82, 2.24) is 0 Å². The highest BCUT2D eigenvalue weighted by Gasteiger charge is 2.17. The molecule has 0 bridgehead atoms. The number of rotatable bonds is 6.